The average molecular weight is 346 g/mol. The highest BCUT2D eigenvalue weighted by Crippen LogP contribution is 2.48. The molecule has 2 N–H and O–H groups in total. The van der Waals surface area contributed by atoms with Gasteiger partial charge >= 0.3 is 5.97 Å². The van der Waals surface area contributed by atoms with E-state index in [4.69, 9.17) is 16.3 Å². The van der Waals surface area contributed by atoms with Crippen LogP contribution in [-0.4, -0.2) is 23.6 Å². The van der Waals surface area contributed by atoms with Crippen molar-refractivity contribution in [3.8, 4) is 5.75 Å². The van der Waals surface area contributed by atoms with E-state index in [-0.39, 0.29) is 0 Å². The van der Waals surface area contributed by atoms with E-state index in [1.807, 2.05) is 6.92 Å². The van der Waals surface area contributed by atoms with Crippen molar-refractivity contribution in [3.63, 3.8) is 0 Å². The van der Waals surface area contributed by atoms with Crippen molar-refractivity contribution in [1.82, 2.24) is 0 Å². The van der Waals surface area contributed by atoms with E-state index in [0.29, 0.717) is 34.2 Å². The maximum Gasteiger partial charge on any atom is 0.305 e. The van der Waals surface area contributed by atoms with Crippen LogP contribution in [0.2, 0.25) is 5.02 Å². The van der Waals surface area contributed by atoms with Gasteiger partial charge < -0.3 is 15.2 Å². The Bertz CT molecular complexity index is 820. The van der Waals surface area contributed by atoms with Crippen molar-refractivity contribution in [2.75, 3.05) is 11.9 Å². The molecule has 124 valence electrons. The predicted molar refractivity (Wildman–Crippen MR) is 90.7 cm³/mol. The Morgan fingerprint density at radius 3 is 2.71 bits per heavy atom. The fourth-order valence-electron chi connectivity index (χ4n) is 3.20. The number of nitrogens with one attached hydrogen (secondary N) is 1. The number of benzene rings is 2. The Morgan fingerprint density at radius 2 is 2.00 bits per heavy atom. The molecule has 1 unspecified atom stereocenters. The molecular weight excluding hydrogens is 330 g/mol. The SMILES string of the molecule is CCOc1ccccc1C1(CC(=O)O)C(=O)Nc2ccc(Cl)cc21. The second-order valence-corrected chi connectivity index (χ2v) is 5.99. The Morgan fingerprint density at radius 1 is 1.25 bits per heavy atom. The van der Waals surface area contributed by atoms with Crippen LogP contribution in [0.4, 0.5) is 5.69 Å². The monoisotopic (exact) mass is 345 g/mol. The molecule has 0 spiro atoms. The minimum Gasteiger partial charge on any atom is -0.494 e. The summed E-state index contributed by atoms with van der Waals surface area (Å²) in [6, 6.07) is 12.0. The number of rotatable bonds is 5. The van der Waals surface area contributed by atoms with Gasteiger partial charge in [-0.15, -0.1) is 0 Å². The van der Waals surface area contributed by atoms with Crippen LogP contribution >= 0.6 is 11.6 Å². The lowest BCUT2D eigenvalue weighted by atomic mass is 9.72. The summed E-state index contributed by atoms with van der Waals surface area (Å²) in [6.07, 6.45) is -0.393. The van der Waals surface area contributed by atoms with Crippen molar-refractivity contribution < 1.29 is 19.4 Å². The van der Waals surface area contributed by atoms with Crippen LogP contribution in [0.15, 0.2) is 42.5 Å². The molecule has 0 aliphatic carbocycles. The number of carboxylic acid groups (broad SMARTS) is 1. The van der Waals surface area contributed by atoms with E-state index >= 15 is 0 Å². The number of halogens is 1. The molecule has 6 heteroatoms. The molecule has 0 fully saturated rings. The fraction of sp³-hybridized carbons (Fsp3) is 0.222. The maximum absolute atomic E-state index is 12.9. The zero-order valence-electron chi connectivity index (χ0n) is 13.0. The van der Waals surface area contributed by atoms with E-state index in [1.54, 1.807) is 42.5 Å². The summed E-state index contributed by atoms with van der Waals surface area (Å²) < 4.78 is 5.64. The molecule has 1 heterocycles. The van der Waals surface area contributed by atoms with Crippen LogP contribution < -0.4 is 10.1 Å². The predicted octanol–water partition coefficient (Wildman–Crippen LogP) is 3.45. The molecule has 1 amide bonds. The second-order valence-electron chi connectivity index (χ2n) is 5.55. The Balaban J connectivity index is 2.30. The van der Waals surface area contributed by atoms with E-state index in [9.17, 15) is 14.7 Å². The van der Waals surface area contributed by atoms with Crippen LogP contribution in [0.3, 0.4) is 0 Å². The number of carboxylic acids is 1. The van der Waals surface area contributed by atoms with Crippen LogP contribution in [0.5, 0.6) is 5.75 Å². The normalized spacial score (nSPS) is 18.8. The maximum atomic E-state index is 12.9. The van der Waals surface area contributed by atoms with Gasteiger partial charge in [-0.25, -0.2) is 0 Å². The Kier molecular flexibility index (Phi) is 4.20. The summed E-state index contributed by atoms with van der Waals surface area (Å²) in [5.74, 6) is -0.983. The van der Waals surface area contributed by atoms with Crippen LogP contribution in [0.25, 0.3) is 0 Å². The molecule has 0 bridgehead atoms. The highest BCUT2D eigenvalue weighted by molar-refractivity contribution is 6.31. The topological polar surface area (TPSA) is 75.6 Å². The third-order valence-electron chi connectivity index (χ3n) is 4.14. The summed E-state index contributed by atoms with van der Waals surface area (Å²) >= 11 is 6.11. The quantitative estimate of drug-likeness (QED) is 0.870. The number of aliphatic carboxylic acids is 1. The van der Waals surface area contributed by atoms with Crippen molar-refractivity contribution >= 4 is 29.2 Å². The van der Waals surface area contributed by atoms with E-state index in [0.717, 1.165) is 0 Å². The number of anilines is 1. The minimum absolute atomic E-state index is 0.393. The highest BCUT2D eigenvalue weighted by Gasteiger charge is 2.51. The first-order chi connectivity index (χ1) is 11.5. The van der Waals surface area contributed by atoms with Crippen LogP contribution in [0.1, 0.15) is 24.5 Å². The largest absolute Gasteiger partial charge is 0.494 e. The lowest BCUT2D eigenvalue weighted by Gasteiger charge is -2.28. The van der Waals surface area contributed by atoms with Gasteiger partial charge in [0.05, 0.1) is 13.0 Å². The number of carbonyl (C=O) groups excluding carboxylic acids is 1. The average Bonchev–Trinajstić information content (AvgIpc) is 2.80. The highest BCUT2D eigenvalue weighted by atomic mass is 35.5. The van der Waals surface area contributed by atoms with Gasteiger partial charge in [-0.1, -0.05) is 29.8 Å². The molecule has 3 rings (SSSR count). The standard InChI is InChI=1S/C18H16ClNO4/c1-2-24-15-6-4-3-5-12(15)18(10-16(21)22)13-9-11(19)7-8-14(13)20-17(18)23/h3-9H,2,10H2,1H3,(H,20,23)(H,21,22). The summed E-state index contributed by atoms with van der Waals surface area (Å²) in [7, 11) is 0. The number of hydrogen-bond donors (Lipinski definition) is 2. The molecule has 24 heavy (non-hydrogen) atoms. The molecule has 0 aromatic heterocycles. The fourth-order valence-corrected chi connectivity index (χ4v) is 3.37. The molecule has 2 aromatic carbocycles. The van der Waals surface area contributed by atoms with Gasteiger partial charge in [-0.05, 0) is 36.8 Å². The number of hydrogen-bond acceptors (Lipinski definition) is 3. The number of ether oxygens (including phenoxy) is 1. The third-order valence-corrected chi connectivity index (χ3v) is 4.38. The number of amides is 1. The smallest absolute Gasteiger partial charge is 0.305 e. The van der Waals surface area contributed by atoms with Crippen molar-refractivity contribution in [2.24, 2.45) is 0 Å². The van der Waals surface area contributed by atoms with Gasteiger partial charge in [0.1, 0.15) is 11.2 Å². The van der Waals surface area contributed by atoms with E-state index in [2.05, 4.69) is 5.32 Å². The van der Waals surface area contributed by atoms with E-state index < -0.39 is 23.7 Å². The molecule has 5 nitrogen and oxygen atoms in total. The Hall–Kier alpha value is -2.53. The van der Waals surface area contributed by atoms with Gasteiger partial charge in [-0.2, -0.15) is 0 Å². The first-order valence-electron chi connectivity index (χ1n) is 7.54. The van der Waals surface area contributed by atoms with Crippen molar-refractivity contribution in [2.45, 2.75) is 18.8 Å². The van der Waals surface area contributed by atoms with Gasteiger partial charge in [0.15, 0.2) is 0 Å². The second kappa shape index (κ2) is 6.17. The first-order valence-corrected chi connectivity index (χ1v) is 7.92. The number of carbonyl (C=O) groups is 2. The van der Waals surface area contributed by atoms with Gasteiger partial charge in [0.2, 0.25) is 5.91 Å². The lowest BCUT2D eigenvalue weighted by molar-refractivity contribution is -0.140. The zero-order valence-corrected chi connectivity index (χ0v) is 13.8. The van der Waals surface area contributed by atoms with Crippen LogP contribution in [0, 0.1) is 0 Å². The number of para-hydroxylation sites is 1. The van der Waals surface area contributed by atoms with E-state index in [1.165, 1.54) is 0 Å². The lowest BCUT2D eigenvalue weighted by Crippen LogP contribution is -2.38. The third kappa shape index (κ3) is 2.51. The first kappa shape index (κ1) is 16.3. The zero-order chi connectivity index (χ0) is 17.3. The Labute approximate surface area is 144 Å². The molecule has 1 aliphatic heterocycles. The van der Waals surface area contributed by atoms with Gasteiger partial charge in [-0.3, -0.25) is 9.59 Å². The number of fused-ring (bicyclic) bond motifs is 1. The molecular formula is C18H16ClNO4. The van der Waals surface area contributed by atoms with Crippen LogP contribution in [-0.2, 0) is 15.0 Å². The van der Waals surface area contributed by atoms with Gasteiger partial charge in [0, 0.05) is 16.3 Å². The summed E-state index contributed by atoms with van der Waals surface area (Å²) in [5, 5.41) is 12.7. The minimum atomic E-state index is -1.38. The molecule has 1 atom stereocenters. The van der Waals surface area contributed by atoms with Crippen molar-refractivity contribution in [1.29, 1.82) is 0 Å². The summed E-state index contributed by atoms with van der Waals surface area (Å²) in [4.78, 5) is 24.5. The molecule has 2 aromatic rings. The molecule has 0 saturated carbocycles. The summed E-state index contributed by atoms with van der Waals surface area (Å²) in [6.45, 7) is 2.24. The van der Waals surface area contributed by atoms with Crippen molar-refractivity contribution in [3.05, 3.63) is 58.6 Å². The summed E-state index contributed by atoms with van der Waals surface area (Å²) in [5.41, 5.74) is 0.261. The molecule has 0 radical (unpaired) electrons. The van der Waals surface area contributed by atoms with Gasteiger partial charge in [0.25, 0.3) is 0 Å². The molecule has 1 aliphatic rings. The molecule has 0 saturated heterocycles.